The van der Waals surface area contributed by atoms with E-state index in [0.29, 0.717) is 22.0 Å². The number of carboxylic acids is 1. The number of aliphatic carboxylic acids is 1. The van der Waals surface area contributed by atoms with Crippen LogP contribution >= 0.6 is 11.3 Å². The first-order valence-electron chi connectivity index (χ1n) is 13.7. The number of nitrogens with zero attached hydrogens (tertiary/aromatic N) is 4. The Morgan fingerprint density at radius 3 is 2.79 bits per heavy atom. The Bertz CT molecular complexity index is 1400. The molecular formula is C28H32F3N5O5S. The first-order valence-corrected chi connectivity index (χ1v) is 14.6. The molecule has 0 spiro atoms. The molecule has 5 rings (SSSR count). The SMILES string of the molecule is CCOC(=O)C1=C(CN2CC(F)(F)[C@@H]3[C@H]2CON3C[C@H](CC)C(=O)O)NC(c2nccs2)=N[C@H]1c1cccc(F)c1C. The molecule has 2 N–H and O–H groups in total. The van der Waals surface area contributed by atoms with Crippen LogP contribution in [0.4, 0.5) is 13.2 Å². The molecule has 0 unspecified atom stereocenters. The van der Waals surface area contributed by atoms with Crippen molar-refractivity contribution in [1.82, 2.24) is 20.3 Å². The third-order valence-electron chi connectivity index (χ3n) is 7.87. The first-order chi connectivity index (χ1) is 20.1. The molecule has 2 saturated heterocycles. The minimum Gasteiger partial charge on any atom is -0.481 e. The van der Waals surface area contributed by atoms with Crippen molar-refractivity contribution in [2.45, 2.75) is 51.2 Å². The number of hydrogen-bond acceptors (Lipinski definition) is 10. The standard InChI is InChI=1S/C28H32F3N5O5S/c1-4-16(26(37)38)11-36-23-20(13-41-36)35(14-28(23,30)31)12-19-21(27(39)40-5-2)22(17-7-6-8-18(29)15(17)3)34-24(33-19)25-32-9-10-42-25/h6-10,16,20,22-23H,4-5,11-14H2,1-3H3,(H,33,34)(H,37,38)/t16-,20+,22-,23-/m0/s1. The van der Waals surface area contributed by atoms with Crippen molar-refractivity contribution in [2.75, 3.05) is 32.8 Å². The van der Waals surface area contributed by atoms with Gasteiger partial charge in [-0.25, -0.2) is 22.9 Å². The van der Waals surface area contributed by atoms with Crippen molar-refractivity contribution in [3.63, 3.8) is 0 Å². The highest BCUT2D eigenvalue weighted by Gasteiger charge is 2.61. The lowest BCUT2D eigenvalue weighted by Gasteiger charge is -2.31. The number of amidine groups is 1. The fourth-order valence-corrected chi connectivity index (χ4v) is 6.31. The normalized spacial score (nSPS) is 24.7. The van der Waals surface area contributed by atoms with Gasteiger partial charge in [-0.3, -0.25) is 19.5 Å². The van der Waals surface area contributed by atoms with Gasteiger partial charge >= 0.3 is 11.9 Å². The summed E-state index contributed by atoms with van der Waals surface area (Å²) in [5.74, 6) is -6.01. The Hall–Kier alpha value is -3.33. The van der Waals surface area contributed by atoms with Gasteiger partial charge in [0, 0.05) is 30.4 Å². The summed E-state index contributed by atoms with van der Waals surface area (Å²) >= 11 is 1.30. The number of carbonyl (C=O) groups is 2. The van der Waals surface area contributed by atoms with E-state index in [1.54, 1.807) is 38.4 Å². The van der Waals surface area contributed by atoms with Crippen molar-refractivity contribution in [1.29, 1.82) is 0 Å². The van der Waals surface area contributed by atoms with Crippen molar-refractivity contribution >= 4 is 29.1 Å². The predicted octanol–water partition coefficient (Wildman–Crippen LogP) is 3.55. The van der Waals surface area contributed by atoms with Crippen molar-refractivity contribution in [2.24, 2.45) is 10.9 Å². The quantitative estimate of drug-likeness (QED) is 0.391. The molecule has 4 atom stereocenters. The number of nitrogens with one attached hydrogen (secondary N) is 1. The summed E-state index contributed by atoms with van der Waals surface area (Å²) in [6, 6.07) is 1.38. The lowest BCUT2D eigenvalue weighted by molar-refractivity contribution is -0.192. The summed E-state index contributed by atoms with van der Waals surface area (Å²) in [4.78, 5) is 41.2. The van der Waals surface area contributed by atoms with Crippen LogP contribution in [0.1, 0.15) is 42.4 Å². The fourth-order valence-electron chi connectivity index (χ4n) is 5.72. The zero-order chi connectivity index (χ0) is 30.2. The zero-order valence-electron chi connectivity index (χ0n) is 23.3. The molecule has 0 bridgehead atoms. The van der Waals surface area contributed by atoms with Crippen LogP contribution in [0.25, 0.3) is 0 Å². The number of carbonyl (C=O) groups excluding carboxylic acids is 1. The summed E-state index contributed by atoms with van der Waals surface area (Å²) in [5, 5.41) is 16.0. The van der Waals surface area contributed by atoms with Crippen molar-refractivity contribution in [3.05, 3.63) is 63.0 Å². The van der Waals surface area contributed by atoms with E-state index in [2.05, 4.69) is 10.3 Å². The fraction of sp³-hybridized carbons (Fsp3) is 0.500. The number of alkyl halides is 2. The molecular weight excluding hydrogens is 575 g/mol. The van der Waals surface area contributed by atoms with Crippen molar-refractivity contribution < 1.29 is 37.4 Å². The van der Waals surface area contributed by atoms with Gasteiger partial charge in [0.1, 0.15) is 17.9 Å². The van der Waals surface area contributed by atoms with Gasteiger partial charge in [0.25, 0.3) is 5.92 Å². The molecule has 226 valence electrons. The van der Waals surface area contributed by atoms with Crippen LogP contribution in [0.2, 0.25) is 0 Å². The van der Waals surface area contributed by atoms with E-state index >= 15 is 8.78 Å². The number of aromatic nitrogens is 1. The largest absolute Gasteiger partial charge is 0.481 e. The molecule has 2 fully saturated rings. The number of esters is 1. The maximum atomic E-state index is 15.5. The number of carboxylic acid groups (broad SMARTS) is 1. The average Bonchev–Trinajstić information content (AvgIpc) is 3.68. The van der Waals surface area contributed by atoms with E-state index in [0.717, 1.165) is 5.06 Å². The number of rotatable bonds is 10. The minimum absolute atomic E-state index is 0.0605. The van der Waals surface area contributed by atoms with Crippen LogP contribution in [0.5, 0.6) is 0 Å². The maximum absolute atomic E-state index is 15.5. The second-order valence-corrected chi connectivity index (χ2v) is 11.3. The van der Waals surface area contributed by atoms with E-state index in [1.165, 1.54) is 28.4 Å². The second kappa shape index (κ2) is 12.1. The summed E-state index contributed by atoms with van der Waals surface area (Å²) in [5.41, 5.74) is 1.11. The first kappa shape index (κ1) is 30.1. The summed E-state index contributed by atoms with van der Waals surface area (Å²) in [6.45, 7) is 3.98. The molecule has 1 aromatic carbocycles. The summed E-state index contributed by atoms with van der Waals surface area (Å²) in [7, 11) is 0. The predicted molar refractivity (Wildman–Crippen MR) is 147 cm³/mol. The molecule has 14 heteroatoms. The highest BCUT2D eigenvalue weighted by Crippen LogP contribution is 2.42. The lowest BCUT2D eigenvalue weighted by atomic mass is 9.92. The molecule has 0 radical (unpaired) electrons. The van der Waals surface area contributed by atoms with Crippen LogP contribution in [0.15, 0.2) is 46.0 Å². The van der Waals surface area contributed by atoms with Gasteiger partial charge in [0.15, 0.2) is 10.8 Å². The smallest absolute Gasteiger partial charge is 0.338 e. The Morgan fingerprint density at radius 2 is 2.12 bits per heavy atom. The van der Waals surface area contributed by atoms with Gasteiger partial charge in [-0.2, -0.15) is 5.06 Å². The van der Waals surface area contributed by atoms with Gasteiger partial charge < -0.3 is 15.2 Å². The molecule has 42 heavy (non-hydrogen) atoms. The van der Waals surface area contributed by atoms with Gasteiger partial charge in [-0.15, -0.1) is 11.3 Å². The van der Waals surface area contributed by atoms with Crippen LogP contribution < -0.4 is 5.32 Å². The molecule has 10 nitrogen and oxygen atoms in total. The topological polar surface area (TPSA) is 117 Å². The number of aliphatic imine (C=N–C) groups is 1. The minimum atomic E-state index is -3.22. The van der Waals surface area contributed by atoms with Crippen molar-refractivity contribution in [3.8, 4) is 0 Å². The second-order valence-electron chi connectivity index (χ2n) is 10.4. The van der Waals surface area contributed by atoms with Crippen LogP contribution in [-0.2, 0) is 19.2 Å². The highest BCUT2D eigenvalue weighted by atomic mass is 32.1. The van der Waals surface area contributed by atoms with E-state index in [4.69, 9.17) is 14.6 Å². The summed E-state index contributed by atoms with van der Waals surface area (Å²) < 4.78 is 51.1. The number of ether oxygens (including phenoxy) is 1. The van der Waals surface area contributed by atoms with Gasteiger partial charge in [0.05, 0.1) is 37.3 Å². The Balaban J connectivity index is 1.54. The molecule has 1 aromatic heterocycles. The molecule has 0 saturated carbocycles. The monoisotopic (exact) mass is 607 g/mol. The number of thiazole rings is 1. The molecule has 0 amide bonds. The number of hydroxylamine groups is 2. The zero-order valence-corrected chi connectivity index (χ0v) is 24.2. The van der Waals surface area contributed by atoms with Gasteiger partial charge in [-0.1, -0.05) is 19.1 Å². The molecule has 3 aliphatic rings. The van der Waals surface area contributed by atoms with E-state index < -0.39 is 54.3 Å². The van der Waals surface area contributed by atoms with Crippen LogP contribution in [-0.4, -0.2) is 88.7 Å². The number of halogens is 3. The van der Waals surface area contributed by atoms with E-state index in [9.17, 15) is 19.1 Å². The maximum Gasteiger partial charge on any atom is 0.338 e. The average molecular weight is 608 g/mol. The Kier molecular flexibility index (Phi) is 8.69. The Morgan fingerprint density at radius 1 is 1.33 bits per heavy atom. The third kappa shape index (κ3) is 5.68. The van der Waals surface area contributed by atoms with Crippen LogP contribution in [0.3, 0.4) is 0 Å². The third-order valence-corrected chi connectivity index (χ3v) is 8.65. The van der Waals surface area contributed by atoms with Gasteiger partial charge in [-0.05, 0) is 37.5 Å². The summed E-state index contributed by atoms with van der Waals surface area (Å²) in [6.07, 6.45) is 1.86. The number of fused-ring (bicyclic) bond motifs is 1. The highest BCUT2D eigenvalue weighted by molar-refractivity contribution is 7.11. The van der Waals surface area contributed by atoms with E-state index in [-0.39, 0.29) is 44.0 Å². The number of hydrogen-bond donors (Lipinski definition) is 2. The number of benzene rings is 1. The molecule has 3 aliphatic heterocycles. The number of likely N-dealkylation sites (tertiary alicyclic amines) is 1. The van der Waals surface area contributed by atoms with E-state index in [1.807, 2.05) is 0 Å². The molecule has 0 aliphatic carbocycles. The van der Waals surface area contributed by atoms with Gasteiger partial charge in [0.2, 0.25) is 0 Å². The lowest BCUT2D eigenvalue weighted by Crippen LogP contribution is -2.47. The molecule has 4 heterocycles. The van der Waals surface area contributed by atoms with Crippen LogP contribution in [0, 0.1) is 18.7 Å². The molecule has 2 aromatic rings. The Labute approximate surface area is 244 Å².